The second kappa shape index (κ2) is 8.73. The summed E-state index contributed by atoms with van der Waals surface area (Å²) in [5, 5.41) is 24.4. The topological polar surface area (TPSA) is 108 Å². The van der Waals surface area contributed by atoms with Crippen molar-refractivity contribution in [2.75, 3.05) is 26.0 Å². The normalized spacial score (nSPS) is 11.8. The van der Waals surface area contributed by atoms with E-state index in [2.05, 4.69) is 10.3 Å². The molecule has 1 atom stereocenters. The van der Waals surface area contributed by atoms with Crippen LogP contribution in [0.25, 0.3) is 11.5 Å². The molecule has 0 aliphatic carbocycles. The van der Waals surface area contributed by atoms with Crippen LogP contribution in [-0.4, -0.2) is 35.4 Å². The predicted molar refractivity (Wildman–Crippen MR) is 110 cm³/mol. The molecule has 2 aromatic carbocycles. The van der Waals surface area contributed by atoms with Gasteiger partial charge in [0.15, 0.2) is 0 Å². The van der Waals surface area contributed by atoms with Gasteiger partial charge in [0.05, 0.1) is 11.0 Å². The van der Waals surface area contributed by atoms with E-state index in [-0.39, 0.29) is 34.8 Å². The second-order valence-corrected chi connectivity index (χ2v) is 6.93. The number of nitriles is 1. The van der Waals surface area contributed by atoms with Gasteiger partial charge in [-0.15, -0.1) is 0 Å². The largest absolute Gasteiger partial charge is 0.419 e. The lowest BCUT2D eigenvalue weighted by Gasteiger charge is -2.25. The molecule has 1 aromatic heterocycles. The quantitative estimate of drug-likeness (QED) is 0.450. The van der Waals surface area contributed by atoms with Crippen molar-refractivity contribution in [2.24, 2.45) is 0 Å². The number of nitro benzene ring substituents is 1. The Balaban J connectivity index is 1.87. The van der Waals surface area contributed by atoms with Gasteiger partial charge in [-0.2, -0.15) is 10.2 Å². The molecule has 1 N–H and O–H groups in total. The summed E-state index contributed by atoms with van der Waals surface area (Å²) < 4.78 is 5.68. The van der Waals surface area contributed by atoms with Gasteiger partial charge in [0.25, 0.3) is 5.69 Å². The highest BCUT2D eigenvalue weighted by Gasteiger charge is 2.23. The zero-order valence-corrected chi connectivity index (χ0v) is 16.6. The summed E-state index contributed by atoms with van der Waals surface area (Å²) in [4.78, 5) is 16.9. The molecule has 0 bridgehead atoms. The lowest BCUT2D eigenvalue weighted by atomic mass is 10.1. The number of hydrogen-bond acceptors (Lipinski definition) is 7. The van der Waals surface area contributed by atoms with Gasteiger partial charge in [-0.05, 0) is 37.9 Å². The molecule has 3 aromatic rings. The van der Waals surface area contributed by atoms with Crippen LogP contribution in [0.4, 0.5) is 11.6 Å². The van der Waals surface area contributed by atoms with E-state index >= 15 is 0 Å². The first-order valence-corrected chi connectivity index (χ1v) is 9.09. The number of halogens is 1. The van der Waals surface area contributed by atoms with Crippen molar-refractivity contribution < 1.29 is 9.34 Å². The Labute approximate surface area is 172 Å². The Bertz CT molecular complexity index is 1060. The standard InChI is InChI=1S/C20H18ClN5O3/c1-25(2)18(13-7-9-14(21)10-8-13)12-23-20-16(11-22)24-19(29-20)15-5-3-4-6-17(15)26(27)28/h3-10,18,23H,12H2,1-2H3. The van der Waals surface area contributed by atoms with E-state index in [0.29, 0.717) is 11.6 Å². The summed E-state index contributed by atoms with van der Waals surface area (Å²) in [5.41, 5.74) is 1.14. The van der Waals surface area contributed by atoms with Crippen molar-refractivity contribution in [2.45, 2.75) is 6.04 Å². The number of hydrogen-bond donors (Lipinski definition) is 1. The molecule has 148 valence electrons. The summed E-state index contributed by atoms with van der Waals surface area (Å²) in [7, 11) is 3.87. The van der Waals surface area contributed by atoms with Crippen LogP contribution in [0.5, 0.6) is 0 Å². The van der Waals surface area contributed by atoms with Crippen LogP contribution in [0.3, 0.4) is 0 Å². The molecule has 8 nitrogen and oxygen atoms in total. The minimum Gasteiger partial charge on any atom is -0.419 e. The molecule has 0 aliphatic heterocycles. The van der Waals surface area contributed by atoms with E-state index < -0.39 is 4.92 Å². The maximum absolute atomic E-state index is 11.3. The highest BCUT2D eigenvalue weighted by molar-refractivity contribution is 6.30. The fourth-order valence-electron chi connectivity index (χ4n) is 2.92. The van der Waals surface area contributed by atoms with Gasteiger partial charge in [-0.3, -0.25) is 10.1 Å². The van der Waals surface area contributed by atoms with E-state index in [4.69, 9.17) is 16.0 Å². The minimum absolute atomic E-state index is 0.0178. The van der Waals surface area contributed by atoms with Gasteiger partial charge in [0.2, 0.25) is 17.5 Å². The maximum atomic E-state index is 11.3. The number of benzene rings is 2. The van der Waals surface area contributed by atoms with Gasteiger partial charge < -0.3 is 14.6 Å². The van der Waals surface area contributed by atoms with Crippen LogP contribution in [0.15, 0.2) is 52.9 Å². The Hall–Kier alpha value is -3.41. The zero-order valence-electron chi connectivity index (χ0n) is 15.8. The Morgan fingerprint density at radius 2 is 1.97 bits per heavy atom. The van der Waals surface area contributed by atoms with Crippen LogP contribution in [0.1, 0.15) is 17.3 Å². The molecule has 0 saturated carbocycles. The van der Waals surface area contributed by atoms with Crippen molar-refractivity contribution in [3.63, 3.8) is 0 Å². The molecule has 0 fully saturated rings. The molecular formula is C20H18ClN5O3. The van der Waals surface area contributed by atoms with Crippen molar-refractivity contribution >= 4 is 23.2 Å². The van der Waals surface area contributed by atoms with Crippen LogP contribution in [-0.2, 0) is 0 Å². The Morgan fingerprint density at radius 1 is 1.28 bits per heavy atom. The first kappa shape index (κ1) is 20.3. The Kier molecular flexibility index (Phi) is 6.12. The molecule has 1 unspecified atom stereocenters. The van der Waals surface area contributed by atoms with Crippen LogP contribution >= 0.6 is 11.6 Å². The van der Waals surface area contributed by atoms with Crippen molar-refractivity contribution in [1.82, 2.24) is 9.88 Å². The SMILES string of the molecule is CN(C)C(CNc1oc(-c2ccccc2[N+](=O)[O-])nc1C#N)c1ccc(Cl)cc1. The van der Waals surface area contributed by atoms with Crippen molar-refractivity contribution in [3.05, 3.63) is 74.9 Å². The van der Waals surface area contributed by atoms with Gasteiger partial charge in [0.1, 0.15) is 11.6 Å². The van der Waals surface area contributed by atoms with E-state index in [1.807, 2.05) is 49.3 Å². The third-order valence-corrected chi connectivity index (χ3v) is 4.65. The fourth-order valence-corrected chi connectivity index (χ4v) is 3.04. The highest BCUT2D eigenvalue weighted by atomic mass is 35.5. The number of nitrogens with zero attached hydrogens (tertiary/aromatic N) is 4. The summed E-state index contributed by atoms with van der Waals surface area (Å²) in [6.45, 7) is 0.425. The molecule has 0 saturated heterocycles. The molecular weight excluding hydrogens is 394 g/mol. The van der Waals surface area contributed by atoms with E-state index in [0.717, 1.165) is 5.56 Å². The molecule has 29 heavy (non-hydrogen) atoms. The highest BCUT2D eigenvalue weighted by Crippen LogP contribution is 2.32. The minimum atomic E-state index is -0.513. The third kappa shape index (κ3) is 4.54. The molecule has 3 rings (SSSR count). The molecule has 9 heteroatoms. The number of nitrogens with one attached hydrogen (secondary N) is 1. The van der Waals surface area contributed by atoms with E-state index in [1.54, 1.807) is 12.1 Å². The summed E-state index contributed by atoms with van der Waals surface area (Å²) >= 11 is 5.97. The monoisotopic (exact) mass is 411 g/mol. The van der Waals surface area contributed by atoms with Gasteiger partial charge in [-0.25, -0.2) is 0 Å². The zero-order chi connectivity index (χ0) is 21.0. The van der Waals surface area contributed by atoms with Crippen molar-refractivity contribution in [1.29, 1.82) is 5.26 Å². The van der Waals surface area contributed by atoms with Gasteiger partial charge in [0, 0.05) is 17.6 Å². The third-order valence-electron chi connectivity index (χ3n) is 4.40. The number of para-hydroxylation sites is 1. The number of rotatable bonds is 7. The first-order valence-electron chi connectivity index (χ1n) is 8.71. The van der Waals surface area contributed by atoms with Gasteiger partial charge in [-0.1, -0.05) is 35.9 Å². The average Bonchev–Trinajstić information content (AvgIpc) is 3.12. The average molecular weight is 412 g/mol. The van der Waals surface area contributed by atoms with Gasteiger partial charge >= 0.3 is 0 Å². The second-order valence-electron chi connectivity index (χ2n) is 6.49. The molecule has 0 amide bonds. The van der Waals surface area contributed by atoms with Crippen LogP contribution in [0, 0.1) is 21.4 Å². The summed E-state index contributed by atoms with van der Waals surface area (Å²) in [6.07, 6.45) is 0. The van der Waals surface area contributed by atoms with Crippen LogP contribution in [0.2, 0.25) is 5.02 Å². The summed E-state index contributed by atoms with van der Waals surface area (Å²) in [5.74, 6) is 0.186. The number of aromatic nitrogens is 1. The predicted octanol–water partition coefficient (Wildman–Crippen LogP) is 4.49. The fraction of sp³-hybridized carbons (Fsp3) is 0.200. The lowest BCUT2D eigenvalue weighted by molar-refractivity contribution is -0.384. The number of oxazole rings is 1. The molecule has 0 radical (unpaired) electrons. The first-order chi connectivity index (χ1) is 13.9. The number of anilines is 1. The smallest absolute Gasteiger partial charge is 0.282 e. The van der Waals surface area contributed by atoms with Crippen LogP contribution < -0.4 is 5.32 Å². The Morgan fingerprint density at radius 3 is 2.59 bits per heavy atom. The lowest BCUT2D eigenvalue weighted by Crippen LogP contribution is -2.26. The number of likely N-dealkylation sites (N-methyl/N-ethyl adjacent to an activating group) is 1. The van der Waals surface area contributed by atoms with E-state index in [9.17, 15) is 15.4 Å². The summed E-state index contributed by atoms with van der Waals surface area (Å²) in [6, 6.07) is 15.5. The van der Waals surface area contributed by atoms with E-state index in [1.165, 1.54) is 12.1 Å². The van der Waals surface area contributed by atoms with Crippen molar-refractivity contribution in [3.8, 4) is 17.5 Å². The molecule has 0 spiro atoms. The number of nitro groups is 1. The maximum Gasteiger partial charge on any atom is 0.282 e. The molecule has 0 aliphatic rings. The molecule has 1 heterocycles.